The highest BCUT2D eigenvalue weighted by molar-refractivity contribution is 7.80. The summed E-state index contributed by atoms with van der Waals surface area (Å²) in [5.74, 6) is 3.97. The van der Waals surface area contributed by atoms with Crippen LogP contribution in [0.4, 0.5) is 17.6 Å². The summed E-state index contributed by atoms with van der Waals surface area (Å²) in [6.45, 7) is 9.70. The van der Waals surface area contributed by atoms with Crippen molar-refractivity contribution in [3.8, 4) is 0 Å². The highest BCUT2D eigenvalue weighted by Gasteiger charge is 2.25. The number of hydrogen-bond acceptors (Lipinski definition) is 5. The summed E-state index contributed by atoms with van der Waals surface area (Å²) < 4.78 is 0. The molecule has 178 valence electrons. The minimum atomic E-state index is 0.588. The van der Waals surface area contributed by atoms with E-state index in [2.05, 4.69) is 70.7 Å². The van der Waals surface area contributed by atoms with Crippen LogP contribution in [-0.2, 0) is 6.42 Å². The fourth-order valence-electron chi connectivity index (χ4n) is 5.06. The van der Waals surface area contributed by atoms with E-state index in [-0.39, 0.29) is 0 Å². The normalized spacial score (nSPS) is 21.0. The summed E-state index contributed by atoms with van der Waals surface area (Å²) in [6, 6.07) is 12.7. The molecule has 0 bridgehead atoms. The SMILES string of the molecule is C[C@@H]1C[C@H](C)CN(c2cc(N3CCCCC3)nc(NC(=S)NCCCc3ccccc3)n2)C1. The van der Waals surface area contributed by atoms with E-state index in [1.54, 1.807) is 0 Å². The lowest BCUT2D eigenvalue weighted by molar-refractivity contribution is 0.355. The van der Waals surface area contributed by atoms with E-state index in [9.17, 15) is 0 Å². The maximum atomic E-state index is 5.57. The van der Waals surface area contributed by atoms with Crippen LogP contribution in [0.15, 0.2) is 36.4 Å². The first-order valence-electron chi connectivity index (χ1n) is 12.5. The number of thiocarbonyl (C=S) groups is 1. The molecule has 2 atom stereocenters. The smallest absolute Gasteiger partial charge is 0.232 e. The molecular weight excluding hydrogens is 428 g/mol. The van der Waals surface area contributed by atoms with E-state index in [1.165, 1.54) is 31.2 Å². The molecule has 6 nitrogen and oxygen atoms in total. The number of rotatable bonds is 7. The molecule has 0 aliphatic carbocycles. The van der Waals surface area contributed by atoms with Gasteiger partial charge >= 0.3 is 0 Å². The fraction of sp³-hybridized carbons (Fsp3) is 0.577. The van der Waals surface area contributed by atoms with E-state index >= 15 is 0 Å². The van der Waals surface area contributed by atoms with Crippen molar-refractivity contribution >= 4 is 34.9 Å². The number of benzene rings is 1. The Balaban J connectivity index is 1.41. The first-order chi connectivity index (χ1) is 16.1. The van der Waals surface area contributed by atoms with Gasteiger partial charge in [0.2, 0.25) is 5.95 Å². The maximum Gasteiger partial charge on any atom is 0.232 e. The third-order valence-electron chi connectivity index (χ3n) is 6.57. The minimum Gasteiger partial charge on any atom is -0.362 e. The van der Waals surface area contributed by atoms with Crippen LogP contribution >= 0.6 is 12.2 Å². The molecule has 2 aliphatic rings. The number of anilines is 3. The summed E-state index contributed by atoms with van der Waals surface area (Å²) in [4.78, 5) is 14.6. The van der Waals surface area contributed by atoms with Gasteiger partial charge in [0.15, 0.2) is 5.11 Å². The van der Waals surface area contributed by atoms with Crippen LogP contribution in [0.2, 0.25) is 0 Å². The Kier molecular flexibility index (Phi) is 8.37. The molecular formula is C26H38N6S. The van der Waals surface area contributed by atoms with Crippen LogP contribution in [0.5, 0.6) is 0 Å². The van der Waals surface area contributed by atoms with Crippen LogP contribution in [0.25, 0.3) is 0 Å². The summed E-state index contributed by atoms with van der Waals surface area (Å²) in [7, 11) is 0. The lowest BCUT2D eigenvalue weighted by atomic mass is 9.92. The molecule has 4 rings (SSSR count). The van der Waals surface area contributed by atoms with E-state index in [4.69, 9.17) is 22.2 Å². The van der Waals surface area contributed by atoms with Gasteiger partial charge in [-0.25, -0.2) is 0 Å². The summed E-state index contributed by atoms with van der Waals surface area (Å²) in [5.41, 5.74) is 1.35. The van der Waals surface area contributed by atoms with Crippen LogP contribution in [-0.4, -0.2) is 47.8 Å². The second-order valence-electron chi connectivity index (χ2n) is 9.78. The zero-order valence-electron chi connectivity index (χ0n) is 20.1. The van der Waals surface area contributed by atoms with Gasteiger partial charge in [0.1, 0.15) is 11.6 Å². The van der Waals surface area contributed by atoms with Crippen LogP contribution in [0.1, 0.15) is 51.5 Å². The van der Waals surface area contributed by atoms with Gasteiger partial charge in [-0.1, -0.05) is 44.2 Å². The van der Waals surface area contributed by atoms with Crippen molar-refractivity contribution in [3.05, 3.63) is 42.0 Å². The van der Waals surface area contributed by atoms with Crippen molar-refractivity contribution < 1.29 is 0 Å². The number of aryl methyl sites for hydroxylation is 1. The molecule has 2 aromatic rings. The largest absolute Gasteiger partial charge is 0.362 e. The minimum absolute atomic E-state index is 0.588. The van der Waals surface area contributed by atoms with E-state index in [1.807, 2.05) is 0 Å². The molecule has 0 radical (unpaired) electrons. The number of hydrogen-bond donors (Lipinski definition) is 2. The second kappa shape index (κ2) is 11.6. The third-order valence-corrected chi connectivity index (χ3v) is 6.81. The Hall–Kier alpha value is -2.41. The van der Waals surface area contributed by atoms with Crippen LogP contribution in [0, 0.1) is 11.8 Å². The Morgan fingerprint density at radius 2 is 1.64 bits per heavy atom. The van der Waals surface area contributed by atoms with Crippen LogP contribution in [0.3, 0.4) is 0 Å². The lowest BCUT2D eigenvalue weighted by Crippen LogP contribution is -2.40. The molecule has 0 amide bonds. The molecule has 2 aliphatic heterocycles. The summed E-state index contributed by atoms with van der Waals surface area (Å²) >= 11 is 5.57. The van der Waals surface area contributed by atoms with Gasteiger partial charge in [0.25, 0.3) is 0 Å². The van der Waals surface area contributed by atoms with Gasteiger partial charge < -0.3 is 20.4 Å². The van der Waals surface area contributed by atoms with E-state index in [0.29, 0.717) is 22.9 Å². The Bertz CT molecular complexity index is 889. The predicted octanol–water partition coefficient (Wildman–Crippen LogP) is 4.87. The Labute approximate surface area is 204 Å². The predicted molar refractivity (Wildman–Crippen MR) is 142 cm³/mol. The molecule has 33 heavy (non-hydrogen) atoms. The molecule has 3 heterocycles. The average molecular weight is 467 g/mol. The first-order valence-corrected chi connectivity index (χ1v) is 13.0. The van der Waals surface area contributed by atoms with E-state index in [0.717, 1.165) is 57.2 Å². The highest BCUT2D eigenvalue weighted by Crippen LogP contribution is 2.29. The van der Waals surface area contributed by atoms with Crippen molar-refractivity contribution in [2.75, 3.05) is 47.8 Å². The standard InChI is InChI=1S/C26H38N6S/c1-20-16-21(2)19-32(18-20)24-17-23(31-14-7-4-8-15-31)28-25(29-24)30-26(33)27-13-9-12-22-10-5-3-6-11-22/h3,5-6,10-11,17,20-21H,4,7-9,12-16,18-19H2,1-2H3,(H2,27,28,29,30,33)/t20-,21+. The number of aromatic nitrogens is 2. The molecule has 0 saturated carbocycles. The monoisotopic (exact) mass is 466 g/mol. The number of nitrogens with zero attached hydrogens (tertiary/aromatic N) is 4. The molecule has 2 saturated heterocycles. The average Bonchev–Trinajstić information content (AvgIpc) is 2.82. The molecule has 0 spiro atoms. The number of piperidine rings is 2. The van der Waals surface area contributed by atoms with Gasteiger partial charge in [0, 0.05) is 38.8 Å². The lowest BCUT2D eigenvalue weighted by Gasteiger charge is -2.36. The summed E-state index contributed by atoms with van der Waals surface area (Å²) in [6.07, 6.45) is 7.09. The van der Waals surface area contributed by atoms with Crippen molar-refractivity contribution in [2.45, 2.75) is 52.4 Å². The van der Waals surface area contributed by atoms with E-state index < -0.39 is 0 Å². The molecule has 2 fully saturated rings. The quantitative estimate of drug-likeness (QED) is 0.446. The highest BCUT2D eigenvalue weighted by atomic mass is 32.1. The van der Waals surface area contributed by atoms with Gasteiger partial charge in [-0.2, -0.15) is 9.97 Å². The van der Waals surface area contributed by atoms with Crippen LogP contribution < -0.4 is 20.4 Å². The fourth-order valence-corrected chi connectivity index (χ4v) is 5.25. The van der Waals surface area contributed by atoms with Crippen molar-refractivity contribution in [1.29, 1.82) is 0 Å². The Morgan fingerprint density at radius 1 is 0.970 bits per heavy atom. The topological polar surface area (TPSA) is 56.3 Å². The third kappa shape index (κ3) is 7.03. The van der Waals surface area contributed by atoms with Crippen molar-refractivity contribution in [1.82, 2.24) is 15.3 Å². The van der Waals surface area contributed by atoms with Crippen molar-refractivity contribution in [3.63, 3.8) is 0 Å². The van der Waals surface area contributed by atoms with Gasteiger partial charge in [0.05, 0.1) is 0 Å². The zero-order chi connectivity index (χ0) is 23.0. The van der Waals surface area contributed by atoms with Gasteiger partial charge in [-0.3, -0.25) is 0 Å². The summed E-state index contributed by atoms with van der Waals surface area (Å²) in [5, 5.41) is 7.18. The van der Waals surface area contributed by atoms with Crippen molar-refractivity contribution in [2.24, 2.45) is 11.8 Å². The molecule has 2 N–H and O–H groups in total. The number of nitrogens with one attached hydrogen (secondary N) is 2. The molecule has 0 unspecified atom stereocenters. The van der Waals surface area contributed by atoms with Gasteiger partial charge in [-0.05, 0) is 68.1 Å². The Morgan fingerprint density at radius 3 is 2.33 bits per heavy atom. The maximum absolute atomic E-state index is 5.57. The molecule has 7 heteroatoms. The second-order valence-corrected chi connectivity index (χ2v) is 10.2. The molecule has 1 aromatic heterocycles. The first kappa shape index (κ1) is 23.7. The van der Waals surface area contributed by atoms with Gasteiger partial charge in [-0.15, -0.1) is 0 Å². The zero-order valence-corrected chi connectivity index (χ0v) is 20.9. The molecule has 1 aromatic carbocycles.